The molecule has 0 aromatic carbocycles. The van der Waals surface area contributed by atoms with Gasteiger partial charge in [-0.15, -0.1) is 0 Å². The Kier molecular flexibility index (Phi) is 28.4. The van der Waals surface area contributed by atoms with Crippen LogP contribution in [0.3, 0.4) is 0 Å². The average molecular weight is 461 g/mol. The third-order valence-electron chi connectivity index (χ3n) is 4.79. The van der Waals surface area contributed by atoms with Crippen LogP contribution in [-0.4, -0.2) is 13.2 Å². The lowest BCUT2D eigenvalue weighted by atomic mass is 9.90. The predicted octanol–water partition coefficient (Wildman–Crippen LogP) is 10.1. The van der Waals surface area contributed by atoms with E-state index in [1.165, 1.54) is 17.6 Å². The van der Waals surface area contributed by atoms with Gasteiger partial charge in [0.2, 0.25) is 0 Å². The number of hydrogen-bond donors (Lipinski definition) is 0. The first-order valence-electron chi connectivity index (χ1n) is 13.2. The van der Waals surface area contributed by atoms with Crippen LogP contribution >= 0.6 is 0 Å². The van der Waals surface area contributed by atoms with E-state index in [-0.39, 0.29) is 0 Å². The van der Waals surface area contributed by atoms with E-state index in [1.807, 2.05) is 53.7 Å². The van der Waals surface area contributed by atoms with E-state index < -0.39 is 0 Å². The molecule has 3 rings (SSSR count). The highest BCUT2D eigenvalue weighted by Crippen LogP contribution is 2.19. The number of hydrogen-bond acceptors (Lipinski definition) is 2. The van der Waals surface area contributed by atoms with Crippen molar-refractivity contribution < 1.29 is 9.47 Å². The van der Waals surface area contributed by atoms with E-state index in [9.17, 15) is 0 Å². The highest BCUT2D eigenvalue weighted by molar-refractivity contribution is 5.21. The molecule has 33 heavy (non-hydrogen) atoms. The van der Waals surface area contributed by atoms with Crippen molar-refractivity contribution in [3.63, 3.8) is 0 Å². The Hall–Kier alpha value is -1.96. The van der Waals surface area contributed by atoms with Gasteiger partial charge in [-0.2, -0.15) is 0 Å². The second kappa shape index (κ2) is 26.3. The van der Waals surface area contributed by atoms with Gasteiger partial charge < -0.3 is 9.47 Å². The zero-order valence-electron chi connectivity index (χ0n) is 24.0. The molecule has 0 bridgehead atoms. The van der Waals surface area contributed by atoms with Crippen molar-refractivity contribution in [3.8, 4) is 0 Å². The summed E-state index contributed by atoms with van der Waals surface area (Å²) in [6.07, 6.45) is 21.7. The van der Waals surface area contributed by atoms with Crippen molar-refractivity contribution in [3.05, 3.63) is 72.3 Å². The van der Waals surface area contributed by atoms with Crippen molar-refractivity contribution in [1.82, 2.24) is 0 Å². The summed E-state index contributed by atoms with van der Waals surface area (Å²) >= 11 is 0. The van der Waals surface area contributed by atoms with Gasteiger partial charge in [-0.05, 0) is 59.5 Å². The average Bonchev–Trinajstić information content (AvgIpc) is 2.90. The smallest absolute Gasteiger partial charge is 0.109 e. The molecule has 0 radical (unpaired) electrons. The van der Waals surface area contributed by atoms with Gasteiger partial charge in [0.1, 0.15) is 13.2 Å². The molecular weight excluding hydrogens is 404 g/mol. The minimum Gasteiger partial charge on any atom is -0.497 e. The predicted molar refractivity (Wildman–Crippen MR) is 151 cm³/mol. The lowest BCUT2D eigenvalue weighted by molar-refractivity contribution is 0.266. The summed E-state index contributed by atoms with van der Waals surface area (Å²) in [5.74, 6) is 2.83. The molecule has 2 heteroatoms. The third-order valence-corrected chi connectivity index (χ3v) is 4.79. The number of rotatable bonds is 3. The van der Waals surface area contributed by atoms with E-state index in [2.05, 4.69) is 78.0 Å². The summed E-state index contributed by atoms with van der Waals surface area (Å²) in [4.78, 5) is 0. The van der Waals surface area contributed by atoms with Crippen LogP contribution in [0.25, 0.3) is 0 Å². The summed E-state index contributed by atoms with van der Waals surface area (Å²) in [5, 5.41) is 0. The molecule has 0 aromatic heterocycles. The van der Waals surface area contributed by atoms with Crippen LogP contribution in [0, 0.1) is 23.7 Å². The largest absolute Gasteiger partial charge is 0.497 e. The van der Waals surface area contributed by atoms with Crippen molar-refractivity contribution in [2.45, 2.75) is 89.5 Å². The van der Waals surface area contributed by atoms with Crippen molar-refractivity contribution in [1.29, 1.82) is 0 Å². The Morgan fingerprint density at radius 3 is 1.67 bits per heavy atom. The van der Waals surface area contributed by atoms with E-state index in [4.69, 9.17) is 9.47 Å². The van der Waals surface area contributed by atoms with Gasteiger partial charge >= 0.3 is 0 Å². The molecule has 0 saturated carbocycles. The van der Waals surface area contributed by atoms with Crippen molar-refractivity contribution in [2.24, 2.45) is 23.7 Å². The molecule has 3 aliphatic rings. The van der Waals surface area contributed by atoms with Gasteiger partial charge in [0.05, 0.1) is 12.5 Å². The standard InChI is InChI=1S/C9H14.2C8H12O.3C2H6/c1-8(2)9-6-4-3-5-7-9;1-7(2)8-3-5-9-6-4-8;1-7(2)8-4-3-5-9-6-8;3*1-2/h3-6,8-9H,7H2,1-2H3;2*3-5,7H,6H2,1-2H3;3*1-2H3. The van der Waals surface area contributed by atoms with E-state index in [0.29, 0.717) is 11.8 Å². The maximum atomic E-state index is 5.09. The van der Waals surface area contributed by atoms with Gasteiger partial charge in [0.25, 0.3) is 0 Å². The fourth-order valence-corrected chi connectivity index (χ4v) is 2.69. The lowest BCUT2D eigenvalue weighted by Crippen LogP contribution is -2.05. The lowest BCUT2D eigenvalue weighted by Gasteiger charge is -2.15. The monoisotopic (exact) mass is 460 g/mol. The van der Waals surface area contributed by atoms with Crippen LogP contribution in [0.15, 0.2) is 72.3 Å². The maximum Gasteiger partial charge on any atom is 0.109 e. The molecular formula is C31H56O2. The van der Waals surface area contributed by atoms with Gasteiger partial charge in [0, 0.05) is 0 Å². The van der Waals surface area contributed by atoms with Crippen LogP contribution in [-0.2, 0) is 9.47 Å². The van der Waals surface area contributed by atoms with Crippen LogP contribution in [0.5, 0.6) is 0 Å². The number of allylic oxidation sites excluding steroid dienone is 8. The fourth-order valence-electron chi connectivity index (χ4n) is 2.69. The molecule has 0 amide bonds. The normalized spacial score (nSPS) is 17.0. The Labute approximate surface area is 208 Å². The van der Waals surface area contributed by atoms with Gasteiger partial charge in [0.15, 0.2) is 0 Å². The first kappa shape index (κ1) is 35.6. The van der Waals surface area contributed by atoms with Crippen LogP contribution in [0.4, 0.5) is 0 Å². The molecule has 192 valence electrons. The third kappa shape index (κ3) is 20.4. The first-order valence-corrected chi connectivity index (χ1v) is 13.2. The summed E-state index contributed by atoms with van der Waals surface area (Å²) in [6.45, 7) is 26.8. The zero-order chi connectivity index (χ0) is 26.1. The molecule has 1 unspecified atom stereocenters. The van der Waals surface area contributed by atoms with Gasteiger partial charge in [-0.25, -0.2) is 0 Å². The quantitative estimate of drug-likeness (QED) is 0.417. The highest BCUT2D eigenvalue weighted by Gasteiger charge is 2.08. The molecule has 0 saturated heterocycles. The van der Waals surface area contributed by atoms with Crippen molar-refractivity contribution >= 4 is 0 Å². The topological polar surface area (TPSA) is 18.5 Å². The van der Waals surface area contributed by atoms with Crippen LogP contribution in [0.1, 0.15) is 89.5 Å². The van der Waals surface area contributed by atoms with Gasteiger partial charge in [-0.3, -0.25) is 0 Å². The molecule has 1 aliphatic carbocycles. The molecule has 0 spiro atoms. The SMILES string of the molecule is CC.CC.CC.CC(C)C1=CC=COC1.CC(C)C1=CCOC=C1.CC(C)C1C=CC=CC1. The maximum absolute atomic E-state index is 5.09. The Morgan fingerprint density at radius 2 is 1.39 bits per heavy atom. The molecule has 0 fully saturated rings. The van der Waals surface area contributed by atoms with Crippen LogP contribution < -0.4 is 0 Å². The first-order chi connectivity index (χ1) is 15.9. The molecule has 0 aromatic rings. The molecule has 0 N–H and O–H groups in total. The summed E-state index contributed by atoms with van der Waals surface area (Å²) < 4.78 is 10.1. The van der Waals surface area contributed by atoms with E-state index in [1.54, 1.807) is 12.5 Å². The minimum absolute atomic E-state index is 0.620. The summed E-state index contributed by atoms with van der Waals surface area (Å²) in [5.41, 5.74) is 2.75. The Balaban J connectivity index is -0.000000367. The second-order valence-corrected chi connectivity index (χ2v) is 7.99. The van der Waals surface area contributed by atoms with Crippen LogP contribution in [0.2, 0.25) is 0 Å². The Morgan fingerprint density at radius 1 is 0.758 bits per heavy atom. The number of ether oxygens (including phenoxy) is 2. The molecule has 2 heterocycles. The molecule has 2 nitrogen and oxygen atoms in total. The van der Waals surface area contributed by atoms with E-state index >= 15 is 0 Å². The summed E-state index contributed by atoms with van der Waals surface area (Å²) in [6, 6.07) is 0. The van der Waals surface area contributed by atoms with Crippen molar-refractivity contribution in [2.75, 3.05) is 13.2 Å². The highest BCUT2D eigenvalue weighted by atomic mass is 16.5. The minimum atomic E-state index is 0.620. The van der Waals surface area contributed by atoms with Gasteiger partial charge in [-0.1, -0.05) is 113 Å². The molecule has 2 aliphatic heterocycles. The van der Waals surface area contributed by atoms with E-state index in [0.717, 1.165) is 25.0 Å². The fraction of sp³-hybridized carbons (Fsp3) is 0.613. The second-order valence-electron chi connectivity index (χ2n) is 7.99. The Bertz CT molecular complexity index is 584. The zero-order valence-corrected chi connectivity index (χ0v) is 24.0. The summed E-state index contributed by atoms with van der Waals surface area (Å²) in [7, 11) is 0. The molecule has 1 atom stereocenters.